The van der Waals surface area contributed by atoms with Crippen molar-refractivity contribution in [1.29, 1.82) is 10.8 Å². The maximum atomic E-state index is 15.5. The molecule has 46 heteroatoms. The van der Waals surface area contributed by atoms with E-state index in [4.69, 9.17) is 28.0 Å². The lowest BCUT2D eigenvalue weighted by molar-refractivity contribution is -0.142. The number of primary amides is 1. The Balaban J connectivity index is 0.908. The molecule has 2 saturated heterocycles. The molecular formula is C90H116N26O20. The number of phenols is 1. The molecule has 726 valence electrons. The highest BCUT2D eigenvalue weighted by atomic mass is 16.4. The highest BCUT2D eigenvalue weighted by Gasteiger charge is 2.41. The van der Waals surface area contributed by atoms with Gasteiger partial charge in [0, 0.05) is 161 Å². The normalized spacial score (nSPS) is 15.8. The van der Waals surface area contributed by atoms with Crippen molar-refractivity contribution >= 4 is 123 Å². The van der Waals surface area contributed by atoms with Gasteiger partial charge in [-0.1, -0.05) is 103 Å². The molecule has 5 aromatic carbocycles. The van der Waals surface area contributed by atoms with Gasteiger partial charge in [0.15, 0.2) is 17.7 Å². The summed E-state index contributed by atoms with van der Waals surface area (Å²) in [5.41, 5.74) is 24.8. The third-order valence-corrected chi connectivity index (χ3v) is 23.0. The van der Waals surface area contributed by atoms with Crippen molar-refractivity contribution in [3.63, 3.8) is 0 Å². The average molecular weight is 1880 g/mol. The first-order valence-electron chi connectivity index (χ1n) is 44.2. The van der Waals surface area contributed by atoms with Crippen molar-refractivity contribution in [1.82, 2.24) is 108 Å². The molecule has 10 rings (SSSR count). The number of urea groups is 1. The van der Waals surface area contributed by atoms with Gasteiger partial charge in [0.2, 0.25) is 53.2 Å². The van der Waals surface area contributed by atoms with Gasteiger partial charge >= 0.3 is 23.9 Å². The van der Waals surface area contributed by atoms with E-state index >= 15 is 38.4 Å². The number of para-hydroxylation sites is 2. The molecule has 0 aliphatic carbocycles. The van der Waals surface area contributed by atoms with Gasteiger partial charge in [0.25, 0.3) is 5.91 Å². The molecule has 0 unspecified atom stereocenters. The van der Waals surface area contributed by atoms with E-state index < -0.39 is 189 Å². The van der Waals surface area contributed by atoms with Crippen LogP contribution in [0.1, 0.15) is 82.4 Å². The molecule has 0 spiro atoms. The topological polar surface area (TPSA) is 704 Å². The van der Waals surface area contributed by atoms with Crippen LogP contribution < -0.4 is 81.2 Å². The van der Waals surface area contributed by atoms with E-state index in [0.29, 0.717) is 61.6 Å². The zero-order valence-electron chi connectivity index (χ0n) is 74.5. The summed E-state index contributed by atoms with van der Waals surface area (Å²) in [6, 6.07) is 18.9. The number of ketones is 1. The molecule has 46 nitrogen and oxygen atoms in total. The first-order chi connectivity index (χ1) is 65.2. The van der Waals surface area contributed by atoms with Crippen molar-refractivity contribution in [2.75, 3.05) is 105 Å². The molecule has 136 heavy (non-hydrogen) atoms. The lowest BCUT2D eigenvalue weighted by Crippen LogP contribution is -2.62. The number of carboxylic acid groups (broad SMARTS) is 3. The van der Waals surface area contributed by atoms with Crippen LogP contribution in [0.15, 0.2) is 152 Å². The number of aliphatic carboxylic acids is 3. The second kappa shape index (κ2) is 51.0. The van der Waals surface area contributed by atoms with E-state index in [1.54, 1.807) is 135 Å². The van der Waals surface area contributed by atoms with Gasteiger partial charge < -0.3 is 116 Å². The van der Waals surface area contributed by atoms with Gasteiger partial charge in [-0.25, -0.2) is 15.2 Å². The summed E-state index contributed by atoms with van der Waals surface area (Å²) in [6.07, 6.45) is 4.23. The first-order valence-corrected chi connectivity index (χ1v) is 44.2. The number of amides is 12. The fourth-order valence-corrected chi connectivity index (χ4v) is 16.0. The smallest absolute Gasteiger partial charge is 0.330 e. The van der Waals surface area contributed by atoms with E-state index in [2.05, 4.69) is 78.5 Å². The number of aromatic nitrogens is 4. The Labute approximate surface area is 779 Å². The van der Waals surface area contributed by atoms with Gasteiger partial charge in [0.05, 0.1) is 39.1 Å². The minimum absolute atomic E-state index is 0.00134. The number of aliphatic hydroxyl groups is 1. The molecule has 12 amide bonds. The summed E-state index contributed by atoms with van der Waals surface area (Å²) < 4.78 is 0. The number of hydrogen-bond donors (Lipinski definition) is 25. The summed E-state index contributed by atoms with van der Waals surface area (Å²) in [6.45, 7) is -2.48. The number of aliphatic hydroxyl groups excluding tert-OH is 1. The Morgan fingerprint density at radius 1 is 0.434 bits per heavy atom. The molecule has 28 N–H and O–H groups in total. The van der Waals surface area contributed by atoms with Gasteiger partial charge in [-0.3, -0.25) is 103 Å². The monoisotopic (exact) mass is 1880 g/mol. The SMILES string of the molecule is N=C(N)NCCC[C@H](NC(=O)[C@@H](Cc1ccc(O)cc1)NC(=O)CN1CCN(CC(=O)O)CCN(CC(=O)O)CCN(CC(=O)O)CC1)C(=O)N[C@@H](Cc1c[nH]c2ccccc12)C(=O)N[C@@H](CO)C(=O)N[C@@H](Cc1cnc[nH]1)C(=O)N[C@H](CCCNC(=N)N)C(=O)N[C@@H](Cc1c[nH]c2ccccc12)C(=O)N[C@@H](Cc1ccc(C(=O)c2ccccc2)cc1)C(=O)N1CCC[C@H]1C(=O)NNC(N)=O. The molecule has 0 saturated carbocycles. The van der Waals surface area contributed by atoms with E-state index in [1.165, 1.54) is 41.7 Å². The Kier molecular flexibility index (Phi) is 38.5. The Bertz CT molecular complexity index is 5480. The predicted molar refractivity (Wildman–Crippen MR) is 493 cm³/mol. The maximum Gasteiger partial charge on any atom is 0.330 e. The van der Waals surface area contributed by atoms with Gasteiger partial charge in [-0.2, -0.15) is 0 Å². The minimum Gasteiger partial charge on any atom is -0.508 e. The zero-order valence-corrected chi connectivity index (χ0v) is 74.5. The summed E-state index contributed by atoms with van der Waals surface area (Å²) in [5, 5.41) is 94.8. The molecule has 2 aliphatic rings. The molecule has 8 aromatic rings. The molecule has 3 aromatic heterocycles. The maximum absolute atomic E-state index is 15.5. The number of imidazole rings is 1. The van der Waals surface area contributed by atoms with Crippen LogP contribution in [0.2, 0.25) is 0 Å². The lowest BCUT2D eigenvalue weighted by atomic mass is 9.98. The number of guanidine groups is 2. The number of hydrazine groups is 1. The van der Waals surface area contributed by atoms with Crippen LogP contribution in [0.5, 0.6) is 5.75 Å². The number of phenolic OH excluding ortho intramolecular Hbond substituents is 1. The molecule has 2 aliphatic heterocycles. The first kappa shape index (κ1) is 103. The molecular weight excluding hydrogens is 1770 g/mol. The van der Waals surface area contributed by atoms with Crippen LogP contribution in [-0.2, 0) is 94.4 Å². The number of likely N-dealkylation sites (tertiary alicyclic amines) is 1. The molecule has 0 bridgehead atoms. The van der Waals surface area contributed by atoms with E-state index in [-0.39, 0.29) is 147 Å². The van der Waals surface area contributed by atoms with Crippen LogP contribution in [0, 0.1) is 10.8 Å². The summed E-state index contributed by atoms with van der Waals surface area (Å²) in [5.74, 6) is -14.4. The Morgan fingerprint density at radius 3 is 1.28 bits per heavy atom. The van der Waals surface area contributed by atoms with Crippen molar-refractivity contribution in [3.8, 4) is 5.75 Å². The lowest BCUT2D eigenvalue weighted by Gasteiger charge is -2.33. The van der Waals surface area contributed by atoms with E-state index in [9.17, 15) is 59.1 Å². The predicted octanol–water partition coefficient (Wildman–Crippen LogP) is -3.61. The number of nitrogens with zero attached hydrogens (tertiary/aromatic N) is 6. The zero-order chi connectivity index (χ0) is 97.9. The summed E-state index contributed by atoms with van der Waals surface area (Å²) in [7, 11) is 0. The average Bonchev–Trinajstić information content (AvgIpc) is 1.69. The number of carboxylic acids is 3. The number of carbonyl (C=O) groups excluding carboxylic acids is 12. The molecule has 2 fully saturated rings. The third-order valence-electron chi connectivity index (χ3n) is 23.0. The number of fused-ring (bicyclic) bond motifs is 2. The van der Waals surface area contributed by atoms with Crippen molar-refractivity contribution in [2.45, 2.75) is 125 Å². The number of rotatable bonds is 46. The standard InChI is InChI=1S/C90H116N26O20/c91-88(92)97-28-8-17-65(103-81(129)67(39-54-22-26-60(118)27-23-54)102-74(119)47-112-31-33-113(48-75(120)121)35-37-115(50-77(124)125)38-36-114(34-32-112)49-76(122)123)79(127)106-69(42-58-45-100-64-16-7-5-14-62(58)64)83(131)109-72(51-117)85(133)107-70(43-59-46-96-52-101-59)84(132)104-66(18-9-29-98-89(93)94)80(128)105-68(41-57-44-99-63-15-6-4-13-61(57)63)82(130)108-71(87(135)116-30-10-19-73(116)86(134)110-111-90(95)136)40-53-20-24-56(25-21-53)78(126)55-11-2-1-3-12-55/h1-7,11-16,20-27,44-46,52,65-73,99-100,117-118H,8-10,17-19,28-43,47-51H2,(H,96,101)(H,102,119)(H,103,129)(H,104,132)(H,105,128)(H,106,127)(H,107,133)(H,108,130)(H,109,131)(H,110,134)(H,120,121)(H,122,123)(H,124,125)(H4,91,92,97)(H4,93,94,98)(H3,95,111,136)/t65-,66+,67+,68-,69-,70-,71-,72-,73-/m0/s1. The van der Waals surface area contributed by atoms with Crippen LogP contribution in [-0.4, -0.2) is 330 Å². The van der Waals surface area contributed by atoms with Crippen molar-refractivity contribution in [3.05, 3.63) is 191 Å². The number of H-pyrrole nitrogens is 3. The third kappa shape index (κ3) is 31.9. The van der Waals surface area contributed by atoms with E-state index in [1.807, 2.05) is 5.43 Å². The highest BCUT2D eigenvalue weighted by Crippen LogP contribution is 2.25. The van der Waals surface area contributed by atoms with E-state index in [0.717, 1.165) is 0 Å². The summed E-state index contributed by atoms with van der Waals surface area (Å²) in [4.78, 5) is 232. The molecule has 9 atom stereocenters. The van der Waals surface area contributed by atoms with Crippen LogP contribution >= 0.6 is 0 Å². The summed E-state index contributed by atoms with van der Waals surface area (Å²) >= 11 is 0. The number of benzene rings is 5. The minimum atomic E-state index is -1.96. The number of nitrogens with two attached hydrogens (primary N) is 3. The second-order valence-electron chi connectivity index (χ2n) is 33.0. The van der Waals surface area contributed by atoms with Crippen molar-refractivity contribution < 1.29 is 97.5 Å². The van der Waals surface area contributed by atoms with Gasteiger partial charge in [-0.05, 0) is 85.0 Å². The number of nitrogens with one attached hydrogen (secondary N) is 17. The fourth-order valence-electron chi connectivity index (χ4n) is 16.0. The largest absolute Gasteiger partial charge is 0.508 e. The van der Waals surface area contributed by atoms with Crippen LogP contribution in [0.4, 0.5) is 4.79 Å². The fraction of sp³-hybridized carbons (Fsp3) is 0.400. The highest BCUT2D eigenvalue weighted by molar-refractivity contribution is 6.09. The number of aromatic hydroxyl groups is 1. The molecule has 0 radical (unpaired) electrons. The molecule has 5 heterocycles. The number of aromatic amines is 3. The number of carbonyl (C=O) groups is 15. The quantitative estimate of drug-likeness (QED) is 0.00576. The Hall–Kier alpha value is -15.4. The van der Waals surface area contributed by atoms with Gasteiger partial charge in [0.1, 0.15) is 60.1 Å². The van der Waals surface area contributed by atoms with Crippen LogP contribution in [0.25, 0.3) is 21.8 Å². The second-order valence-corrected chi connectivity index (χ2v) is 33.0. The Morgan fingerprint density at radius 2 is 0.831 bits per heavy atom. The number of hydrogen-bond acceptors (Lipinski definition) is 24. The van der Waals surface area contributed by atoms with Gasteiger partial charge in [-0.15, -0.1) is 0 Å². The van der Waals surface area contributed by atoms with Crippen molar-refractivity contribution in [2.24, 2.45) is 17.2 Å². The van der Waals surface area contributed by atoms with Crippen LogP contribution in [0.3, 0.4) is 0 Å².